The van der Waals surface area contributed by atoms with E-state index in [-0.39, 0.29) is 11.3 Å². The fraction of sp³-hybridized carbons (Fsp3) is 0.333. The number of rotatable bonds is 8. The molecule has 1 amide bonds. The van der Waals surface area contributed by atoms with Crippen LogP contribution in [0.5, 0.6) is 17.2 Å². The summed E-state index contributed by atoms with van der Waals surface area (Å²) in [6.45, 7) is 7.64. The number of hydrogen-bond acceptors (Lipinski definition) is 6. The van der Waals surface area contributed by atoms with E-state index in [1.807, 2.05) is 30.3 Å². The van der Waals surface area contributed by atoms with Crippen LogP contribution in [-0.2, 0) is 10.2 Å². The number of nitrogens with one attached hydrogen (secondary N) is 1. The summed E-state index contributed by atoms with van der Waals surface area (Å²) in [6.07, 6.45) is 2.52. The van der Waals surface area contributed by atoms with E-state index >= 15 is 0 Å². The molecule has 7 heteroatoms. The van der Waals surface area contributed by atoms with Crippen LogP contribution in [0.25, 0.3) is 6.08 Å². The molecular formula is C24H27NO4S2. The van der Waals surface area contributed by atoms with E-state index in [0.717, 1.165) is 17.7 Å². The normalized spacial score (nSPS) is 15.2. The molecule has 5 nitrogen and oxygen atoms in total. The molecule has 0 unspecified atom stereocenters. The molecule has 1 aliphatic rings. The Morgan fingerprint density at radius 3 is 2.35 bits per heavy atom. The summed E-state index contributed by atoms with van der Waals surface area (Å²) >= 11 is 6.27. The molecule has 164 valence electrons. The van der Waals surface area contributed by atoms with Crippen molar-refractivity contribution >= 4 is 40.3 Å². The zero-order valence-corrected chi connectivity index (χ0v) is 19.8. The van der Waals surface area contributed by atoms with Crippen molar-refractivity contribution in [2.24, 2.45) is 0 Å². The average molecular weight is 458 g/mol. The minimum absolute atomic E-state index is 0.131. The van der Waals surface area contributed by atoms with Gasteiger partial charge in [-0.2, -0.15) is 0 Å². The maximum absolute atomic E-state index is 11.8. The van der Waals surface area contributed by atoms with Crippen LogP contribution in [0.1, 0.15) is 38.3 Å². The third-order valence-electron chi connectivity index (χ3n) is 4.66. The van der Waals surface area contributed by atoms with Crippen molar-refractivity contribution in [3.8, 4) is 17.2 Å². The molecule has 1 heterocycles. The van der Waals surface area contributed by atoms with E-state index < -0.39 is 0 Å². The summed E-state index contributed by atoms with van der Waals surface area (Å²) in [7, 11) is 1.59. The summed E-state index contributed by atoms with van der Waals surface area (Å²) < 4.78 is 17.6. The average Bonchev–Trinajstić information content (AvgIpc) is 3.04. The smallest absolute Gasteiger partial charge is 0.263 e. The molecule has 2 aromatic carbocycles. The molecule has 1 N–H and O–H groups in total. The van der Waals surface area contributed by atoms with Crippen LogP contribution in [0.3, 0.4) is 0 Å². The predicted octanol–water partition coefficient (Wildman–Crippen LogP) is 5.33. The number of ether oxygens (including phenoxy) is 3. The molecule has 31 heavy (non-hydrogen) atoms. The fourth-order valence-electron chi connectivity index (χ4n) is 2.95. The highest BCUT2D eigenvalue weighted by Crippen LogP contribution is 2.31. The lowest BCUT2D eigenvalue weighted by Gasteiger charge is -2.19. The van der Waals surface area contributed by atoms with Gasteiger partial charge in [0.25, 0.3) is 5.91 Å². The maximum atomic E-state index is 11.8. The zero-order valence-electron chi connectivity index (χ0n) is 18.2. The minimum Gasteiger partial charge on any atom is -0.493 e. The van der Waals surface area contributed by atoms with Crippen LogP contribution < -0.4 is 19.5 Å². The van der Waals surface area contributed by atoms with Gasteiger partial charge in [0.15, 0.2) is 11.5 Å². The van der Waals surface area contributed by atoms with Gasteiger partial charge in [-0.1, -0.05) is 63.0 Å². The number of carbonyl (C=O) groups is 1. The van der Waals surface area contributed by atoms with Crippen molar-refractivity contribution in [3.05, 3.63) is 58.5 Å². The first-order valence-corrected chi connectivity index (χ1v) is 11.3. The number of benzene rings is 2. The first kappa shape index (κ1) is 23.2. The molecule has 0 aliphatic carbocycles. The molecule has 1 aliphatic heterocycles. The molecule has 0 saturated carbocycles. The van der Waals surface area contributed by atoms with Gasteiger partial charge < -0.3 is 19.5 Å². The summed E-state index contributed by atoms with van der Waals surface area (Å²) in [5.41, 5.74) is 2.25. The van der Waals surface area contributed by atoms with Gasteiger partial charge in [-0.15, -0.1) is 0 Å². The second kappa shape index (κ2) is 10.2. The second-order valence-electron chi connectivity index (χ2n) is 8.09. The standard InChI is InChI=1S/C24H27NO4S2/c1-24(2,3)17-7-9-18(10-8-17)28-12-5-13-29-19-11-6-16(14-20(19)27-4)15-21-22(26)25-23(30)31-21/h6-11,14-15H,5,12-13H2,1-4H3,(H,25,26,30). The van der Waals surface area contributed by atoms with Gasteiger partial charge in [0.05, 0.1) is 25.2 Å². The Balaban J connectivity index is 1.49. The highest BCUT2D eigenvalue weighted by Gasteiger charge is 2.22. The van der Waals surface area contributed by atoms with Crippen LogP contribution in [0.4, 0.5) is 0 Å². The number of amides is 1. The van der Waals surface area contributed by atoms with Crippen molar-refractivity contribution < 1.29 is 19.0 Å². The van der Waals surface area contributed by atoms with E-state index in [1.165, 1.54) is 17.3 Å². The molecule has 0 spiro atoms. The third kappa shape index (κ3) is 6.48. The monoisotopic (exact) mass is 457 g/mol. The topological polar surface area (TPSA) is 56.8 Å². The van der Waals surface area contributed by atoms with Crippen molar-refractivity contribution in [2.75, 3.05) is 20.3 Å². The van der Waals surface area contributed by atoms with Crippen LogP contribution in [0.15, 0.2) is 47.4 Å². The van der Waals surface area contributed by atoms with Gasteiger partial charge in [-0.05, 0) is 46.9 Å². The number of thioether (sulfide) groups is 1. The van der Waals surface area contributed by atoms with Crippen molar-refractivity contribution in [1.82, 2.24) is 5.32 Å². The van der Waals surface area contributed by atoms with Gasteiger partial charge in [-0.3, -0.25) is 4.79 Å². The summed E-state index contributed by atoms with van der Waals surface area (Å²) in [6, 6.07) is 13.8. The molecule has 0 aromatic heterocycles. The lowest BCUT2D eigenvalue weighted by atomic mass is 9.87. The van der Waals surface area contributed by atoms with Crippen molar-refractivity contribution in [1.29, 1.82) is 0 Å². The molecule has 3 rings (SSSR count). The minimum atomic E-state index is -0.178. The summed E-state index contributed by atoms with van der Waals surface area (Å²) in [5.74, 6) is 1.94. The lowest BCUT2D eigenvalue weighted by molar-refractivity contribution is -0.115. The first-order valence-electron chi connectivity index (χ1n) is 10.1. The van der Waals surface area contributed by atoms with Crippen molar-refractivity contribution in [3.63, 3.8) is 0 Å². The van der Waals surface area contributed by atoms with Gasteiger partial charge >= 0.3 is 0 Å². The third-order valence-corrected chi connectivity index (χ3v) is 5.83. The molecule has 0 atom stereocenters. The molecule has 0 radical (unpaired) electrons. The van der Waals surface area contributed by atoms with Gasteiger partial charge in [0.1, 0.15) is 10.1 Å². The Morgan fingerprint density at radius 1 is 1.03 bits per heavy atom. The summed E-state index contributed by atoms with van der Waals surface area (Å²) in [5, 5.41) is 2.61. The van der Waals surface area contributed by atoms with Crippen LogP contribution in [-0.4, -0.2) is 30.6 Å². The Bertz CT molecular complexity index is 978. The number of thiocarbonyl (C=S) groups is 1. The molecule has 2 aromatic rings. The second-order valence-corrected chi connectivity index (χ2v) is 9.81. The molecular weight excluding hydrogens is 430 g/mol. The van der Waals surface area contributed by atoms with Crippen LogP contribution >= 0.6 is 24.0 Å². The predicted molar refractivity (Wildman–Crippen MR) is 130 cm³/mol. The van der Waals surface area contributed by atoms with Crippen LogP contribution in [0.2, 0.25) is 0 Å². The first-order chi connectivity index (χ1) is 14.8. The Kier molecular flexibility index (Phi) is 7.62. The number of carbonyl (C=O) groups excluding carboxylic acids is 1. The maximum Gasteiger partial charge on any atom is 0.263 e. The summed E-state index contributed by atoms with van der Waals surface area (Å²) in [4.78, 5) is 12.4. The zero-order chi connectivity index (χ0) is 22.4. The van der Waals surface area contributed by atoms with Gasteiger partial charge in [0.2, 0.25) is 0 Å². The number of hydrogen-bond donors (Lipinski definition) is 1. The highest BCUT2D eigenvalue weighted by atomic mass is 32.2. The Morgan fingerprint density at radius 2 is 1.74 bits per heavy atom. The number of methoxy groups -OCH3 is 1. The van der Waals surface area contributed by atoms with E-state index in [1.54, 1.807) is 13.2 Å². The SMILES string of the molecule is COc1cc(C=C2SC(=S)NC2=O)ccc1OCCCOc1ccc(C(C)(C)C)cc1. The fourth-order valence-corrected chi connectivity index (χ4v) is 3.99. The highest BCUT2D eigenvalue weighted by molar-refractivity contribution is 8.26. The Hall–Kier alpha value is -2.51. The van der Waals surface area contributed by atoms with E-state index in [0.29, 0.717) is 33.9 Å². The van der Waals surface area contributed by atoms with E-state index in [2.05, 4.69) is 38.2 Å². The van der Waals surface area contributed by atoms with E-state index in [4.69, 9.17) is 26.4 Å². The lowest BCUT2D eigenvalue weighted by Crippen LogP contribution is -2.17. The van der Waals surface area contributed by atoms with Gasteiger partial charge in [0, 0.05) is 6.42 Å². The molecule has 0 bridgehead atoms. The quantitative estimate of drug-likeness (QED) is 0.329. The molecule has 1 fully saturated rings. The largest absolute Gasteiger partial charge is 0.493 e. The Labute approximate surface area is 193 Å². The van der Waals surface area contributed by atoms with Gasteiger partial charge in [-0.25, -0.2) is 0 Å². The van der Waals surface area contributed by atoms with E-state index in [9.17, 15) is 4.79 Å². The van der Waals surface area contributed by atoms with Crippen LogP contribution in [0, 0.1) is 0 Å². The molecule has 1 saturated heterocycles. The van der Waals surface area contributed by atoms with Crippen molar-refractivity contribution in [2.45, 2.75) is 32.6 Å².